The number of likely N-dealkylation sites (tertiary alicyclic amines) is 1. The first-order valence-corrected chi connectivity index (χ1v) is 29.0. The van der Waals surface area contributed by atoms with Crippen LogP contribution in [0.3, 0.4) is 0 Å². The molecule has 8 rings (SSSR count). The van der Waals surface area contributed by atoms with Gasteiger partial charge in [-0.15, -0.1) is 0 Å². The number of methoxy groups -OCH3 is 2. The number of nitrogens with two attached hydrogens (primary N) is 1. The van der Waals surface area contributed by atoms with Gasteiger partial charge in [0.25, 0.3) is 0 Å². The number of allylic oxidation sites excluding steroid dienone is 1. The van der Waals surface area contributed by atoms with Crippen LogP contribution in [-0.4, -0.2) is 81.4 Å². The van der Waals surface area contributed by atoms with E-state index in [0.717, 1.165) is 77.9 Å². The van der Waals surface area contributed by atoms with Crippen LogP contribution in [0.1, 0.15) is 160 Å². The Kier molecular flexibility index (Phi) is 19.0. The molecule has 3 aromatic carbocycles. The number of hydrogen-bond acceptors (Lipinski definition) is 9. The first-order chi connectivity index (χ1) is 36.6. The van der Waals surface area contributed by atoms with E-state index in [4.69, 9.17) is 29.4 Å². The quantitative estimate of drug-likeness (QED) is 0.0386. The van der Waals surface area contributed by atoms with Gasteiger partial charge in [0.2, 0.25) is 11.8 Å². The highest BCUT2D eigenvalue weighted by atomic mass is 16.6. The molecule has 3 amide bonds. The summed E-state index contributed by atoms with van der Waals surface area (Å²) in [6.45, 7) is 13.6. The van der Waals surface area contributed by atoms with Gasteiger partial charge in [0, 0.05) is 38.3 Å². The molecule has 0 aromatic heterocycles. The van der Waals surface area contributed by atoms with Gasteiger partial charge in [-0.2, -0.15) is 0 Å². The molecule has 1 aliphatic heterocycles. The zero-order chi connectivity index (χ0) is 54.0. The number of carbonyl (C=O) groups excluding carboxylic acids is 4. The van der Waals surface area contributed by atoms with Crippen LogP contribution < -0.4 is 20.5 Å². The molecule has 3 N–H and O–H groups in total. The molecule has 76 heavy (non-hydrogen) atoms. The minimum Gasteiger partial charge on any atom is -0.497 e. The Morgan fingerprint density at radius 3 is 2.08 bits per heavy atom. The molecule has 5 aliphatic rings. The maximum atomic E-state index is 13.9. The van der Waals surface area contributed by atoms with Gasteiger partial charge in [0.1, 0.15) is 29.3 Å². The molecule has 10 atom stereocenters. The zero-order valence-corrected chi connectivity index (χ0v) is 46.8. The highest BCUT2D eigenvalue weighted by Crippen LogP contribution is 2.67. The van der Waals surface area contributed by atoms with Gasteiger partial charge >= 0.3 is 12.1 Å². The number of ether oxygens (including phenoxy) is 5. The number of unbranched alkanes of at least 4 members (excludes halogenated alkanes) is 2. The summed E-state index contributed by atoms with van der Waals surface area (Å²) in [7, 11) is 3.25. The molecule has 1 saturated heterocycles. The number of esters is 1. The van der Waals surface area contributed by atoms with Gasteiger partial charge in [0.15, 0.2) is 0 Å². The first kappa shape index (κ1) is 56.8. The molecular formula is C64H89N3O9. The van der Waals surface area contributed by atoms with Crippen LogP contribution in [0.5, 0.6) is 11.5 Å². The summed E-state index contributed by atoms with van der Waals surface area (Å²) < 4.78 is 30.3. The van der Waals surface area contributed by atoms with E-state index in [0.29, 0.717) is 49.3 Å². The van der Waals surface area contributed by atoms with E-state index in [-0.39, 0.29) is 55.4 Å². The van der Waals surface area contributed by atoms with Crippen molar-refractivity contribution in [3.63, 3.8) is 0 Å². The molecule has 10 unspecified atom stereocenters. The van der Waals surface area contributed by atoms with Crippen molar-refractivity contribution in [1.29, 1.82) is 0 Å². The number of hydrogen-bond donors (Lipinski definition) is 2. The number of amides is 3. The topological polar surface area (TPSA) is 156 Å². The van der Waals surface area contributed by atoms with Crippen LogP contribution >= 0.6 is 0 Å². The highest BCUT2D eigenvalue weighted by molar-refractivity contribution is 5.80. The van der Waals surface area contributed by atoms with Crippen molar-refractivity contribution in [3.8, 4) is 11.5 Å². The third kappa shape index (κ3) is 12.8. The van der Waals surface area contributed by atoms with Crippen molar-refractivity contribution in [2.75, 3.05) is 40.5 Å². The second-order valence-electron chi connectivity index (χ2n) is 24.2. The number of nitrogens with zero attached hydrogens (tertiary/aromatic N) is 1. The van der Waals surface area contributed by atoms with Gasteiger partial charge in [-0.25, -0.2) is 4.79 Å². The average Bonchev–Trinajstić information content (AvgIpc) is 4.00. The summed E-state index contributed by atoms with van der Waals surface area (Å²) in [6, 6.07) is 25.5. The highest BCUT2D eigenvalue weighted by Gasteiger charge is 2.59. The van der Waals surface area contributed by atoms with Crippen molar-refractivity contribution >= 4 is 23.9 Å². The van der Waals surface area contributed by atoms with E-state index in [9.17, 15) is 19.2 Å². The molecule has 0 bridgehead atoms. The smallest absolute Gasteiger partial charge is 0.407 e. The van der Waals surface area contributed by atoms with Gasteiger partial charge in [0.05, 0.1) is 33.8 Å². The standard InChI is InChI=1S/C64H89N3O9/c1-43(2)15-14-16-44(3)54-30-31-55-53-29-24-49-39-52(34-36-62(49,4)56(53)35-37-63(54,55)5)75-61(71)66-38-13-9-12-19-59(69)67-40-45(57(41-67)76-60(70)33-32-58(65)68)42-74-64(46-17-10-8-11-18-46,47-20-25-50(72-6)26-21-47)48-22-27-51(73-7)28-23-48/h8,10-11,17-18,20-28,43-45,52-57H,9,12-16,19,29-42H2,1-7H3,(H2,65,68)(H,66,71). The number of primary amides is 1. The van der Waals surface area contributed by atoms with E-state index in [2.05, 4.69) is 46.0 Å². The number of nitrogens with one attached hydrogen (secondary N) is 1. The molecule has 3 saturated carbocycles. The summed E-state index contributed by atoms with van der Waals surface area (Å²) in [4.78, 5) is 53.5. The van der Waals surface area contributed by atoms with Gasteiger partial charge in [-0.3, -0.25) is 14.4 Å². The van der Waals surface area contributed by atoms with Crippen molar-refractivity contribution < 1.29 is 42.9 Å². The van der Waals surface area contributed by atoms with Crippen LogP contribution in [-0.2, 0) is 34.2 Å². The molecule has 414 valence electrons. The summed E-state index contributed by atoms with van der Waals surface area (Å²) in [5.41, 5.74) is 9.04. The number of rotatable bonds is 24. The normalized spacial score (nSPS) is 27.3. The SMILES string of the molecule is COc1ccc(C(OCC2CN(C(=O)CCCCCNC(=O)OC3CCC4(C)C(=CCC5C4CCC4(C)C(C(C)CCCC(C)C)CCC54)C3)CC2OC(=O)CCC(N)=O)(c2ccccc2)c2ccc(OC)cc2)cc1. The summed E-state index contributed by atoms with van der Waals surface area (Å²) in [5, 5.41) is 3.00. The predicted octanol–water partition coefficient (Wildman–Crippen LogP) is 12.3. The minimum absolute atomic E-state index is 0.0443. The predicted molar refractivity (Wildman–Crippen MR) is 296 cm³/mol. The van der Waals surface area contributed by atoms with E-state index >= 15 is 0 Å². The second kappa shape index (κ2) is 25.4. The van der Waals surface area contributed by atoms with Crippen molar-refractivity contribution in [3.05, 3.63) is 107 Å². The maximum absolute atomic E-state index is 13.9. The number of carbonyl (C=O) groups is 4. The number of alkyl carbamates (subject to hydrolysis) is 1. The van der Waals surface area contributed by atoms with Crippen LogP contribution in [0.25, 0.3) is 0 Å². The van der Waals surface area contributed by atoms with Crippen LogP contribution in [0, 0.1) is 52.3 Å². The number of benzene rings is 3. The molecule has 0 radical (unpaired) electrons. The van der Waals surface area contributed by atoms with E-state index in [1.165, 1.54) is 56.9 Å². The lowest BCUT2D eigenvalue weighted by Crippen LogP contribution is -2.51. The van der Waals surface area contributed by atoms with E-state index in [1.807, 2.05) is 78.9 Å². The third-order valence-corrected chi connectivity index (χ3v) is 19.1. The Labute approximate surface area is 453 Å². The maximum Gasteiger partial charge on any atom is 0.407 e. The Balaban J connectivity index is 0.827. The minimum atomic E-state index is -1.12. The Morgan fingerprint density at radius 1 is 0.737 bits per heavy atom. The lowest BCUT2D eigenvalue weighted by atomic mass is 9.47. The summed E-state index contributed by atoms with van der Waals surface area (Å²) in [5.74, 6) is 4.60. The fourth-order valence-corrected chi connectivity index (χ4v) is 15.0. The van der Waals surface area contributed by atoms with Gasteiger partial charge in [-0.1, -0.05) is 127 Å². The van der Waals surface area contributed by atoms with Gasteiger partial charge < -0.3 is 39.6 Å². The largest absolute Gasteiger partial charge is 0.497 e. The zero-order valence-electron chi connectivity index (χ0n) is 46.8. The fraction of sp³-hybridized carbons (Fsp3) is 0.625. The molecule has 1 heterocycles. The van der Waals surface area contributed by atoms with Crippen molar-refractivity contribution in [1.82, 2.24) is 10.2 Å². The molecule has 3 aromatic rings. The van der Waals surface area contributed by atoms with E-state index < -0.39 is 23.6 Å². The molecule has 4 aliphatic carbocycles. The Morgan fingerprint density at radius 2 is 1.42 bits per heavy atom. The summed E-state index contributed by atoms with van der Waals surface area (Å²) in [6.07, 6.45) is 17.1. The van der Waals surface area contributed by atoms with Crippen LogP contribution in [0.2, 0.25) is 0 Å². The number of fused-ring (bicyclic) bond motifs is 5. The fourth-order valence-electron chi connectivity index (χ4n) is 15.0. The average molecular weight is 1040 g/mol. The van der Waals surface area contributed by atoms with Gasteiger partial charge in [-0.05, 0) is 145 Å². The van der Waals surface area contributed by atoms with Crippen LogP contribution in [0.4, 0.5) is 4.79 Å². The molecule has 4 fully saturated rings. The Bertz CT molecular complexity index is 2390. The van der Waals surface area contributed by atoms with Crippen LogP contribution in [0.15, 0.2) is 90.5 Å². The summed E-state index contributed by atoms with van der Waals surface area (Å²) >= 11 is 0. The van der Waals surface area contributed by atoms with Crippen molar-refractivity contribution in [2.24, 2.45) is 58.0 Å². The van der Waals surface area contributed by atoms with E-state index in [1.54, 1.807) is 19.1 Å². The molecular weight excluding hydrogens is 955 g/mol. The molecule has 12 nitrogen and oxygen atoms in total. The third-order valence-electron chi connectivity index (χ3n) is 19.1. The lowest BCUT2D eigenvalue weighted by molar-refractivity contribution is -0.153. The molecule has 12 heteroatoms. The van der Waals surface area contributed by atoms with Crippen molar-refractivity contribution in [2.45, 2.75) is 162 Å². The monoisotopic (exact) mass is 1040 g/mol. The lowest BCUT2D eigenvalue weighted by Gasteiger charge is -2.58. The first-order valence-electron chi connectivity index (χ1n) is 29.0. The second-order valence-corrected chi connectivity index (χ2v) is 24.2. The molecule has 0 spiro atoms. The Hall–Kier alpha value is -5.36.